The van der Waals surface area contributed by atoms with E-state index in [0.717, 1.165) is 44.9 Å². The zero-order chi connectivity index (χ0) is 21.9. The van der Waals surface area contributed by atoms with Gasteiger partial charge < -0.3 is 9.47 Å². The van der Waals surface area contributed by atoms with E-state index < -0.39 is 5.60 Å². The number of allylic oxidation sites excluding steroid dienone is 1. The number of fused-ring (bicyclic) bond motifs is 5. The molecule has 0 spiro atoms. The van der Waals surface area contributed by atoms with Crippen LogP contribution in [-0.4, -0.2) is 29.4 Å². The van der Waals surface area contributed by atoms with Crippen LogP contribution >= 0.6 is 0 Å². The third kappa shape index (κ3) is 2.98. The third-order valence-corrected chi connectivity index (χ3v) is 9.39. The quantitative estimate of drug-likeness (QED) is 0.489. The summed E-state index contributed by atoms with van der Waals surface area (Å²) in [6.45, 7) is 9.11. The van der Waals surface area contributed by atoms with Crippen molar-refractivity contribution < 1.29 is 23.9 Å². The highest BCUT2D eigenvalue weighted by Crippen LogP contribution is 2.68. The van der Waals surface area contributed by atoms with Crippen LogP contribution in [0, 0.1) is 28.6 Å². The van der Waals surface area contributed by atoms with E-state index >= 15 is 0 Å². The zero-order valence-corrected chi connectivity index (χ0v) is 19.1. The first-order valence-electron chi connectivity index (χ1n) is 11.6. The summed E-state index contributed by atoms with van der Waals surface area (Å²) in [6.07, 6.45) is 9.78. The van der Waals surface area contributed by atoms with Gasteiger partial charge in [-0.2, -0.15) is 0 Å². The van der Waals surface area contributed by atoms with Crippen LogP contribution in [0.1, 0.15) is 86.0 Å². The number of carbonyl (C=O) groups excluding carboxylic acids is 3. The van der Waals surface area contributed by atoms with Gasteiger partial charge >= 0.3 is 11.9 Å². The number of hydrogen-bond acceptors (Lipinski definition) is 5. The Balaban J connectivity index is 1.63. The second-order valence-electron chi connectivity index (χ2n) is 10.7. The SMILES string of the molecule is CC(=O)O[C@@H]1C=C2CC[C@@H]3[C@H](CC[C@@]4(C)[C@H]3CC[C@@]4(OC(C)=O)C(C)=O)[C@@]2(C)CC1. The van der Waals surface area contributed by atoms with Crippen molar-refractivity contribution in [1.82, 2.24) is 0 Å². The maximum Gasteiger partial charge on any atom is 0.303 e. The number of rotatable bonds is 3. The van der Waals surface area contributed by atoms with Crippen molar-refractivity contribution in [3.8, 4) is 0 Å². The van der Waals surface area contributed by atoms with Crippen LogP contribution in [-0.2, 0) is 23.9 Å². The van der Waals surface area contributed by atoms with Gasteiger partial charge in [0.2, 0.25) is 0 Å². The molecule has 5 nitrogen and oxygen atoms in total. The summed E-state index contributed by atoms with van der Waals surface area (Å²) in [5.41, 5.74) is 0.362. The summed E-state index contributed by atoms with van der Waals surface area (Å²) in [5.74, 6) is 0.981. The molecule has 30 heavy (non-hydrogen) atoms. The second-order valence-corrected chi connectivity index (χ2v) is 10.7. The van der Waals surface area contributed by atoms with Crippen LogP contribution in [0.3, 0.4) is 0 Å². The zero-order valence-electron chi connectivity index (χ0n) is 19.1. The van der Waals surface area contributed by atoms with Gasteiger partial charge in [-0.25, -0.2) is 0 Å². The van der Waals surface area contributed by atoms with Crippen LogP contribution in [0.5, 0.6) is 0 Å². The van der Waals surface area contributed by atoms with Crippen molar-refractivity contribution in [2.24, 2.45) is 28.6 Å². The fourth-order valence-corrected chi connectivity index (χ4v) is 8.06. The number of esters is 2. The van der Waals surface area contributed by atoms with Crippen LogP contribution < -0.4 is 0 Å². The van der Waals surface area contributed by atoms with Crippen molar-refractivity contribution in [2.45, 2.75) is 97.7 Å². The van der Waals surface area contributed by atoms with E-state index in [9.17, 15) is 14.4 Å². The molecule has 3 fully saturated rings. The average molecular weight is 417 g/mol. The minimum absolute atomic E-state index is 0.00523. The largest absolute Gasteiger partial charge is 0.458 e. The van der Waals surface area contributed by atoms with Gasteiger partial charge in [0.05, 0.1) is 0 Å². The Hall–Kier alpha value is -1.65. The lowest BCUT2D eigenvalue weighted by Crippen LogP contribution is -2.58. The van der Waals surface area contributed by atoms with Gasteiger partial charge in [-0.15, -0.1) is 0 Å². The smallest absolute Gasteiger partial charge is 0.303 e. The standard InChI is InChI=1S/C25H36O5/c1-15(26)25(30-17(3)28)13-10-22-20-7-6-18-14-19(29-16(2)27)8-11-23(18,4)21(20)9-12-24(22,25)5/h14,19-22H,6-13H2,1-5H3/t19-,20+,21-,22-,23-,24-,25+/m0/s1. The predicted molar refractivity (Wildman–Crippen MR) is 112 cm³/mol. The van der Waals surface area contributed by atoms with Crippen molar-refractivity contribution in [1.29, 1.82) is 0 Å². The van der Waals surface area contributed by atoms with E-state index in [1.807, 2.05) is 0 Å². The van der Waals surface area contributed by atoms with Gasteiger partial charge in [0.25, 0.3) is 0 Å². The van der Waals surface area contributed by atoms with Gasteiger partial charge in [0.15, 0.2) is 11.4 Å². The lowest BCUT2D eigenvalue weighted by molar-refractivity contribution is -0.187. The fraction of sp³-hybridized carbons (Fsp3) is 0.800. The molecule has 0 saturated heterocycles. The number of carbonyl (C=O) groups is 3. The van der Waals surface area contributed by atoms with E-state index in [4.69, 9.17) is 9.47 Å². The van der Waals surface area contributed by atoms with Crippen LogP contribution in [0.25, 0.3) is 0 Å². The van der Waals surface area contributed by atoms with Crippen LogP contribution in [0.15, 0.2) is 11.6 Å². The Kier molecular flexibility index (Phi) is 5.18. The molecule has 166 valence electrons. The molecule has 0 aromatic heterocycles. The summed E-state index contributed by atoms with van der Waals surface area (Å²) in [7, 11) is 0. The number of ketones is 1. The monoisotopic (exact) mass is 416 g/mol. The van der Waals surface area contributed by atoms with Gasteiger partial charge in [-0.3, -0.25) is 14.4 Å². The molecule has 0 N–H and O–H groups in total. The van der Waals surface area contributed by atoms with E-state index in [0.29, 0.717) is 24.2 Å². The van der Waals surface area contributed by atoms with E-state index in [1.165, 1.54) is 19.4 Å². The molecule has 0 bridgehead atoms. The number of ether oxygens (including phenoxy) is 2. The van der Waals surface area contributed by atoms with Gasteiger partial charge in [0, 0.05) is 19.3 Å². The molecule has 0 amide bonds. The minimum Gasteiger partial charge on any atom is -0.458 e. The van der Waals surface area contributed by atoms with Gasteiger partial charge in [-0.05, 0) is 87.5 Å². The van der Waals surface area contributed by atoms with Crippen LogP contribution in [0.4, 0.5) is 0 Å². The summed E-state index contributed by atoms with van der Waals surface area (Å²) in [5, 5.41) is 0. The molecule has 4 aliphatic rings. The van der Waals surface area contributed by atoms with Crippen molar-refractivity contribution in [3.63, 3.8) is 0 Å². The molecule has 0 radical (unpaired) electrons. The Labute approximate surface area is 179 Å². The van der Waals surface area contributed by atoms with E-state index in [-0.39, 0.29) is 34.7 Å². The van der Waals surface area contributed by atoms with Crippen LogP contribution in [0.2, 0.25) is 0 Å². The van der Waals surface area contributed by atoms with E-state index in [2.05, 4.69) is 19.9 Å². The van der Waals surface area contributed by atoms with Crippen molar-refractivity contribution in [3.05, 3.63) is 11.6 Å². The lowest BCUT2D eigenvalue weighted by atomic mass is 9.46. The molecule has 5 heteroatoms. The van der Waals surface area contributed by atoms with Crippen molar-refractivity contribution in [2.75, 3.05) is 0 Å². The third-order valence-electron chi connectivity index (χ3n) is 9.39. The van der Waals surface area contributed by atoms with Crippen molar-refractivity contribution >= 4 is 17.7 Å². The molecule has 0 aliphatic heterocycles. The van der Waals surface area contributed by atoms with Gasteiger partial charge in [-0.1, -0.05) is 19.4 Å². The Morgan fingerprint density at radius 3 is 2.23 bits per heavy atom. The second kappa shape index (κ2) is 7.20. The minimum atomic E-state index is -0.960. The Bertz CT molecular complexity index is 799. The molecular formula is C25H36O5. The average Bonchev–Trinajstić information content (AvgIpc) is 2.94. The number of hydrogen-bond donors (Lipinski definition) is 0. The molecule has 0 aromatic rings. The molecular weight excluding hydrogens is 380 g/mol. The predicted octanol–water partition coefficient (Wildman–Crippen LogP) is 4.77. The normalized spacial score (nSPS) is 44.8. The summed E-state index contributed by atoms with van der Waals surface area (Å²) in [4.78, 5) is 36.2. The first-order valence-corrected chi connectivity index (χ1v) is 11.6. The molecule has 7 atom stereocenters. The Morgan fingerprint density at radius 2 is 1.60 bits per heavy atom. The molecule has 0 heterocycles. The summed E-state index contributed by atoms with van der Waals surface area (Å²) in [6, 6.07) is 0. The first-order chi connectivity index (χ1) is 14.0. The highest BCUT2D eigenvalue weighted by molar-refractivity contribution is 5.89. The summed E-state index contributed by atoms with van der Waals surface area (Å²) < 4.78 is 11.3. The maximum atomic E-state index is 12.8. The summed E-state index contributed by atoms with van der Waals surface area (Å²) >= 11 is 0. The Morgan fingerprint density at radius 1 is 0.900 bits per heavy atom. The molecule has 4 aliphatic carbocycles. The highest BCUT2D eigenvalue weighted by atomic mass is 16.6. The van der Waals surface area contributed by atoms with Gasteiger partial charge in [0.1, 0.15) is 6.10 Å². The maximum absolute atomic E-state index is 12.8. The fourth-order valence-electron chi connectivity index (χ4n) is 8.06. The lowest BCUT2D eigenvalue weighted by Gasteiger charge is -2.59. The van der Waals surface area contributed by atoms with E-state index in [1.54, 1.807) is 6.92 Å². The first kappa shape index (κ1) is 21.6. The molecule has 0 unspecified atom stereocenters. The molecule has 0 aromatic carbocycles. The number of Topliss-reactive ketones (excluding diaryl/α,β-unsaturated/α-hetero) is 1. The highest BCUT2D eigenvalue weighted by Gasteiger charge is 2.67. The molecule has 3 saturated carbocycles. The topological polar surface area (TPSA) is 69.7 Å². The molecule has 4 rings (SSSR count).